The molecule has 0 saturated heterocycles. The maximum Gasteiger partial charge on any atom is 0.344 e. The molecule has 1 amide bonds. The highest BCUT2D eigenvalue weighted by atomic mass is 35.5. The molecule has 1 aliphatic heterocycles. The molecule has 0 radical (unpaired) electrons. The van der Waals surface area contributed by atoms with Crippen LogP contribution in [0.15, 0.2) is 82.4 Å². The minimum absolute atomic E-state index is 0.0445. The SMILES string of the molecule is C=CCOc1ccc(/C=C2\SC(=NC(=O)c3ccccc3Cl)C(C(=O)OCC)=C2O)cc1. The van der Waals surface area contributed by atoms with E-state index in [-0.39, 0.29) is 33.6 Å². The first-order valence-corrected chi connectivity index (χ1v) is 10.9. The number of aliphatic hydroxyl groups excluding tert-OH is 1. The summed E-state index contributed by atoms with van der Waals surface area (Å²) in [5.74, 6) is -1.02. The zero-order valence-electron chi connectivity index (χ0n) is 17.2. The molecule has 0 aromatic heterocycles. The van der Waals surface area contributed by atoms with Crippen molar-refractivity contribution in [3.05, 3.63) is 93.6 Å². The van der Waals surface area contributed by atoms with Gasteiger partial charge >= 0.3 is 5.97 Å². The van der Waals surface area contributed by atoms with Crippen LogP contribution in [0.4, 0.5) is 0 Å². The van der Waals surface area contributed by atoms with Gasteiger partial charge in [-0.15, -0.1) is 0 Å². The first-order valence-electron chi connectivity index (χ1n) is 9.66. The molecule has 0 unspecified atom stereocenters. The molecule has 32 heavy (non-hydrogen) atoms. The normalized spacial score (nSPS) is 15.8. The zero-order valence-corrected chi connectivity index (χ0v) is 18.8. The summed E-state index contributed by atoms with van der Waals surface area (Å²) < 4.78 is 10.5. The Morgan fingerprint density at radius 2 is 1.91 bits per heavy atom. The van der Waals surface area contributed by atoms with Crippen molar-refractivity contribution >= 4 is 46.4 Å². The fourth-order valence-electron chi connectivity index (χ4n) is 2.75. The number of aliphatic imine (C=N–C) groups is 1. The number of hydrogen-bond acceptors (Lipinski definition) is 6. The lowest BCUT2D eigenvalue weighted by atomic mass is 10.1. The summed E-state index contributed by atoms with van der Waals surface area (Å²) in [4.78, 5) is 29.5. The van der Waals surface area contributed by atoms with Gasteiger partial charge in [-0.1, -0.05) is 60.3 Å². The Morgan fingerprint density at radius 1 is 1.19 bits per heavy atom. The molecule has 6 nitrogen and oxygen atoms in total. The summed E-state index contributed by atoms with van der Waals surface area (Å²) in [5, 5.41) is 11.0. The van der Waals surface area contributed by atoms with Crippen LogP contribution in [0.2, 0.25) is 5.02 Å². The smallest absolute Gasteiger partial charge is 0.344 e. The van der Waals surface area contributed by atoms with Crippen molar-refractivity contribution in [3.63, 3.8) is 0 Å². The van der Waals surface area contributed by atoms with Crippen LogP contribution in [0.25, 0.3) is 6.08 Å². The van der Waals surface area contributed by atoms with Gasteiger partial charge in [0.15, 0.2) is 0 Å². The van der Waals surface area contributed by atoms with Gasteiger partial charge in [0.2, 0.25) is 0 Å². The highest BCUT2D eigenvalue weighted by Gasteiger charge is 2.34. The summed E-state index contributed by atoms with van der Waals surface area (Å²) in [6.07, 6.45) is 3.33. The van der Waals surface area contributed by atoms with Gasteiger partial charge in [-0.2, -0.15) is 0 Å². The van der Waals surface area contributed by atoms with Crippen LogP contribution < -0.4 is 4.74 Å². The number of amides is 1. The molecule has 0 spiro atoms. The van der Waals surface area contributed by atoms with Gasteiger partial charge in [0.25, 0.3) is 5.91 Å². The van der Waals surface area contributed by atoms with Crippen molar-refractivity contribution in [2.45, 2.75) is 6.92 Å². The molecule has 0 aliphatic carbocycles. The Bertz CT molecular complexity index is 1140. The van der Waals surface area contributed by atoms with Gasteiger partial charge in [0.1, 0.15) is 28.7 Å². The van der Waals surface area contributed by atoms with Gasteiger partial charge in [-0.3, -0.25) is 4.79 Å². The Morgan fingerprint density at radius 3 is 2.56 bits per heavy atom. The van der Waals surface area contributed by atoms with Crippen LogP contribution in [0.5, 0.6) is 5.75 Å². The fraction of sp³-hybridized carbons (Fsp3) is 0.125. The Labute approximate surface area is 194 Å². The molecule has 164 valence electrons. The Balaban J connectivity index is 1.95. The molecule has 8 heteroatoms. The van der Waals surface area contributed by atoms with Crippen LogP contribution in [-0.4, -0.2) is 35.2 Å². The number of nitrogens with zero attached hydrogens (tertiary/aromatic N) is 1. The van der Waals surface area contributed by atoms with Crippen LogP contribution in [0, 0.1) is 0 Å². The predicted molar refractivity (Wildman–Crippen MR) is 127 cm³/mol. The second-order valence-corrected chi connectivity index (χ2v) is 7.86. The number of carbonyl (C=O) groups excluding carboxylic acids is 2. The molecule has 0 atom stereocenters. The molecule has 3 rings (SSSR count). The molecule has 1 aliphatic rings. The molecule has 2 aromatic rings. The van der Waals surface area contributed by atoms with E-state index in [0.717, 1.165) is 17.3 Å². The van der Waals surface area contributed by atoms with E-state index in [1.807, 2.05) is 0 Å². The second kappa shape index (κ2) is 10.8. The van der Waals surface area contributed by atoms with Crippen molar-refractivity contribution in [2.75, 3.05) is 13.2 Å². The topological polar surface area (TPSA) is 85.2 Å². The molecule has 0 saturated carbocycles. The second-order valence-electron chi connectivity index (χ2n) is 6.43. The summed E-state index contributed by atoms with van der Waals surface area (Å²) in [6.45, 7) is 5.75. The number of hydrogen-bond donors (Lipinski definition) is 1. The van der Waals surface area contributed by atoms with Crippen molar-refractivity contribution < 1.29 is 24.2 Å². The number of thioether (sulfide) groups is 1. The third-order valence-electron chi connectivity index (χ3n) is 4.22. The molecule has 1 N–H and O–H groups in total. The fourth-order valence-corrected chi connectivity index (χ4v) is 3.97. The van der Waals surface area contributed by atoms with Gasteiger partial charge in [-0.05, 0) is 42.8 Å². The van der Waals surface area contributed by atoms with E-state index in [2.05, 4.69) is 11.6 Å². The summed E-state index contributed by atoms with van der Waals surface area (Å²) >= 11 is 7.09. The minimum Gasteiger partial charge on any atom is -0.506 e. The van der Waals surface area contributed by atoms with E-state index in [9.17, 15) is 14.7 Å². The van der Waals surface area contributed by atoms with Crippen molar-refractivity contribution in [2.24, 2.45) is 4.99 Å². The molecular weight excluding hydrogens is 450 g/mol. The first kappa shape index (κ1) is 23.4. The van der Waals surface area contributed by atoms with Gasteiger partial charge in [-0.25, -0.2) is 9.79 Å². The largest absolute Gasteiger partial charge is 0.506 e. The van der Waals surface area contributed by atoms with Gasteiger partial charge in [0, 0.05) is 0 Å². The van der Waals surface area contributed by atoms with Crippen molar-refractivity contribution in [1.82, 2.24) is 0 Å². The molecular formula is C24H20ClNO5S. The van der Waals surface area contributed by atoms with Crippen LogP contribution in [0.1, 0.15) is 22.8 Å². The van der Waals surface area contributed by atoms with Crippen LogP contribution in [0.3, 0.4) is 0 Å². The monoisotopic (exact) mass is 469 g/mol. The Kier molecular flexibility index (Phi) is 7.92. The highest BCUT2D eigenvalue weighted by Crippen LogP contribution is 2.39. The number of esters is 1. The lowest BCUT2D eigenvalue weighted by Crippen LogP contribution is -2.14. The van der Waals surface area contributed by atoms with E-state index in [0.29, 0.717) is 17.3 Å². The number of halogens is 1. The maximum atomic E-state index is 12.7. The minimum atomic E-state index is -0.764. The van der Waals surface area contributed by atoms with E-state index in [4.69, 9.17) is 21.1 Å². The summed E-state index contributed by atoms with van der Waals surface area (Å²) in [7, 11) is 0. The van der Waals surface area contributed by atoms with Gasteiger partial charge < -0.3 is 14.6 Å². The molecule has 0 fully saturated rings. The number of benzene rings is 2. The van der Waals surface area contributed by atoms with Crippen LogP contribution >= 0.6 is 23.4 Å². The number of ether oxygens (including phenoxy) is 2. The average Bonchev–Trinajstić information content (AvgIpc) is 3.08. The molecule has 0 bridgehead atoms. The number of carbonyl (C=O) groups is 2. The first-order chi connectivity index (χ1) is 15.4. The summed E-state index contributed by atoms with van der Waals surface area (Å²) in [5.41, 5.74) is 0.791. The highest BCUT2D eigenvalue weighted by molar-refractivity contribution is 8.18. The third kappa shape index (κ3) is 5.49. The molecule has 2 aromatic carbocycles. The summed E-state index contributed by atoms with van der Waals surface area (Å²) in [6, 6.07) is 13.6. The third-order valence-corrected chi connectivity index (χ3v) is 5.57. The lowest BCUT2D eigenvalue weighted by Gasteiger charge is -2.04. The molecule has 1 heterocycles. The predicted octanol–water partition coefficient (Wildman–Crippen LogP) is 5.61. The average molecular weight is 470 g/mol. The Hall–Kier alpha value is -3.29. The maximum absolute atomic E-state index is 12.7. The van der Waals surface area contributed by atoms with Crippen molar-refractivity contribution in [1.29, 1.82) is 0 Å². The number of aliphatic hydroxyl groups is 1. The lowest BCUT2D eigenvalue weighted by molar-refractivity contribution is -0.138. The van der Waals surface area contributed by atoms with E-state index < -0.39 is 11.9 Å². The number of rotatable bonds is 7. The van der Waals surface area contributed by atoms with Crippen LogP contribution in [-0.2, 0) is 9.53 Å². The zero-order chi connectivity index (χ0) is 23.1. The standard InChI is InChI=1S/C24H20ClNO5S/c1-3-13-31-16-11-9-15(10-12-16)14-19-21(27)20(24(29)30-4-2)23(32-19)26-22(28)17-7-5-6-8-18(17)25/h3,5-12,14,27H,1,4,13H2,2H3/b19-14-,26-23?. The quantitative estimate of drug-likeness (QED) is 0.419. The van der Waals surface area contributed by atoms with E-state index in [1.54, 1.807) is 61.5 Å². The van der Waals surface area contributed by atoms with Gasteiger partial charge in [0.05, 0.1) is 22.1 Å². The van der Waals surface area contributed by atoms with E-state index >= 15 is 0 Å². The van der Waals surface area contributed by atoms with Crippen molar-refractivity contribution in [3.8, 4) is 5.75 Å². The van der Waals surface area contributed by atoms with E-state index in [1.165, 1.54) is 6.07 Å².